The monoisotopic (exact) mass is 337 g/mol. The van der Waals surface area contributed by atoms with Gasteiger partial charge in [0, 0.05) is 39.0 Å². The lowest BCUT2D eigenvalue weighted by Crippen LogP contribution is -2.53. The van der Waals surface area contributed by atoms with Crippen molar-refractivity contribution in [2.24, 2.45) is 11.8 Å². The Bertz CT molecular complexity index is 594. The lowest BCUT2D eigenvalue weighted by Gasteiger charge is -2.35. The van der Waals surface area contributed by atoms with Gasteiger partial charge in [0.1, 0.15) is 6.54 Å². The van der Waals surface area contributed by atoms with Crippen LogP contribution in [0.25, 0.3) is 0 Å². The topological polar surface area (TPSA) is 115 Å². The highest BCUT2D eigenvalue weighted by molar-refractivity contribution is 6.04. The van der Waals surface area contributed by atoms with Gasteiger partial charge in [-0.2, -0.15) is 0 Å². The molecule has 0 bridgehead atoms. The van der Waals surface area contributed by atoms with Crippen LogP contribution in [0.1, 0.15) is 19.3 Å². The molecule has 2 saturated heterocycles. The molecule has 1 N–H and O–H groups in total. The lowest BCUT2D eigenvalue weighted by molar-refractivity contribution is -0.147. The fourth-order valence-electron chi connectivity index (χ4n) is 3.19. The third-order valence-corrected chi connectivity index (χ3v) is 4.82. The van der Waals surface area contributed by atoms with Crippen LogP contribution in [-0.4, -0.2) is 82.1 Å². The number of likely N-dealkylation sites (tertiary alicyclic amines) is 1. The number of hydrogen-bond acceptors (Lipinski definition) is 5. The first-order chi connectivity index (χ1) is 11.4. The normalized spacial score (nSPS) is 26.8. The Morgan fingerprint density at radius 2 is 1.46 bits per heavy atom. The Morgan fingerprint density at radius 1 is 0.917 bits per heavy atom. The first-order valence-electron chi connectivity index (χ1n) is 8.01. The summed E-state index contributed by atoms with van der Waals surface area (Å²) in [6.45, 7) is 1.09. The second kappa shape index (κ2) is 6.21. The van der Waals surface area contributed by atoms with Crippen LogP contribution in [-0.2, 0) is 24.0 Å². The van der Waals surface area contributed by atoms with Crippen molar-refractivity contribution >= 4 is 29.6 Å². The van der Waals surface area contributed by atoms with E-state index in [1.54, 1.807) is 4.90 Å². The van der Waals surface area contributed by atoms with Gasteiger partial charge < -0.3 is 14.9 Å². The number of aliphatic carboxylic acids is 1. The summed E-state index contributed by atoms with van der Waals surface area (Å²) in [5, 5.41) is 8.88. The molecule has 0 aromatic heterocycles. The number of carboxylic acid groups (broad SMARTS) is 1. The zero-order valence-corrected chi connectivity index (χ0v) is 13.1. The summed E-state index contributed by atoms with van der Waals surface area (Å²) in [5.41, 5.74) is 0. The number of rotatable bonds is 4. The van der Waals surface area contributed by atoms with Crippen LogP contribution in [0.5, 0.6) is 0 Å². The number of carbonyl (C=O) groups excluding carboxylic acids is 4. The molecule has 0 aromatic carbocycles. The van der Waals surface area contributed by atoms with Crippen LogP contribution in [0.2, 0.25) is 0 Å². The van der Waals surface area contributed by atoms with E-state index in [0.29, 0.717) is 32.6 Å². The van der Waals surface area contributed by atoms with Crippen LogP contribution in [0, 0.1) is 11.8 Å². The summed E-state index contributed by atoms with van der Waals surface area (Å²) in [6, 6.07) is 0. The average molecular weight is 337 g/mol. The van der Waals surface area contributed by atoms with E-state index < -0.39 is 17.8 Å². The highest BCUT2D eigenvalue weighted by atomic mass is 16.4. The highest BCUT2D eigenvalue weighted by Gasteiger charge is 2.50. The van der Waals surface area contributed by atoms with Crippen LogP contribution in [0.3, 0.4) is 0 Å². The number of imide groups is 1. The zero-order chi connectivity index (χ0) is 17.4. The summed E-state index contributed by atoms with van der Waals surface area (Å²) in [6.07, 6.45) is 0.688. The largest absolute Gasteiger partial charge is 0.481 e. The van der Waals surface area contributed by atoms with E-state index in [1.165, 1.54) is 4.90 Å². The van der Waals surface area contributed by atoms with E-state index >= 15 is 0 Å². The summed E-state index contributed by atoms with van der Waals surface area (Å²) < 4.78 is 0. The molecule has 9 nitrogen and oxygen atoms in total. The van der Waals surface area contributed by atoms with Gasteiger partial charge in [-0.15, -0.1) is 0 Å². The molecule has 24 heavy (non-hydrogen) atoms. The molecule has 2 heterocycles. The Labute approximate surface area is 138 Å². The summed E-state index contributed by atoms with van der Waals surface area (Å²) in [4.78, 5) is 62.4. The molecule has 4 amide bonds. The second-order valence-electron chi connectivity index (χ2n) is 6.37. The summed E-state index contributed by atoms with van der Waals surface area (Å²) in [7, 11) is 0. The van der Waals surface area contributed by atoms with E-state index in [4.69, 9.17) is 5.11 Å². The van der Waals surface area contributed by atoms with Gasteiger partial charge in [-0.1, -0.05) is 0 Å². The van der Waals surface area contributed by atoms with Crippen molar-refractivity contribution in [3.05, 3.63) is 0 Å². The Hall–Kier alpha value is -2.45. The molecule has 2 unspecified atom stereocenters. The van der Waals surface area contributed by atoms with Gasteiger partial charge in [-0.05, 0) is 6.42 Å². The van der Waals surface area contributed by atoms with Crippen molar-refractivity contribution in [1.29, 1.82) is 0 Å². The van der Waals surface area contributed by atoms with Crippen LogP contribution < -0.4 is 0 Å². The molecule has 3 rings (SSSR count). The van der Waals surface area contributed by atoms with E-state index in [0.717, 1.165) is 4.90 Å². The van der Waals surface area contributed by atoms with Crippen molar-refractivity contribution in [3.8, 4) is 0 Å². The summed E-state index contributed by atoms with van der Waals surface area (Å²) >= 11 is 0. The highest BCUT2D eigenvalue weighted by Crippen LogP contribution is 2.40. The molecule has 9 heteroatoms. The van der Waals surface area contributed by atoms with Crippen molar-refractivity contribution in [3.63, 3.8) is 0 Å². The standard InChI is InChI=1S/C15H19N3O6/c19-11-1-2-12(20)18(11)8-13(21)16-3-5-17(6-4-16)14(22)9-7-10(9)15(23)24/h9-10H,1-8H2,(H,23,24). The number of piperazine rings is 1. The number of carboxylic acids is 1. The fraction of sp³-hybridized carbons (Fsp3) is 0.667. The Morgan fingerprint density at radius 3 is 1.96 bits per heavy atom. The van der Waals surface area contributed by atoms with Gasteiger partial charge in [0.15, 0.2) is 0 Å². The van der Waals surface area contributed by atoms with Gasteiger partial charge >= 0.3 is 5.97 Å². The van der Waals surface area contributed by atoms with E-state index in [9.17, 15) is 24.0 Å². The smallest absolute Gasteiger partial charge is 0.307 e. The predicted octanol–water partition coefficient (Wildman–Crippen LogP) is -1.47. The van der Waals surface area contributed by atoms with Crippen molar-refractivity contribution in [2.45, 2.75) is 19.3 Å². The minimum absolute atomic E-state index is 0.153. The molecule has 1 saturated carbocycles. The molecule has 3 fully saturated rings. The Kier molecular flexibility index (Phi) is 4.25. The maximum atomic E-state index is 12.2. The molecule has 2 aliphatic heterocycles. The van der Waals surface area contributed by atoms with Gasteiger partial charge in [0.25, 0.3) is 0 Å². The number of carbonyl (C=O) groups is 5. The molecule has 1 aliphatic carbocycles. The van der Waals surface area contributed by atoms with E-state index in [-0.39, 0.29) is 43.0 Å². The predicted molar refractivity (Wildman–Crippen MR) is 78.3 cm³/mol. The maximum Gasteiger partial charge on any atom is 0.307 e. The van der Waals surface area contributed by atoms with Gasteiger partial charge in [-0.25, -0.2) is 0 Å². The van der Waals surface area contributed by atoms with Crippen LogP contribution in [0.15, 0.2) is 0 Å². The van der Waals surface area contributed by atoms with Gasteiger partial charge in [0.2, 0.25) is 23.6 Å². The third-order valence-electron chi connectivity index (χ3n) is 4.82. The maximum absolute atomic E-state index is 12.2. The van der Waals surface area contributed by atoms with Crippen molar-refractivity contribution < 1.29 is 29.1 Å². The SMILES string of the molecule is O=C(O)C1CC1C(=O)N1CCN(C(=O)CN2C(=O)CCC2=O)CC1. The molecule has 2 atom stereocenters. The van der Waals surface area contributed by atoms with E-state index in [2.05, 4.69) is 0 Å². The molecule has 0 radical (unpaired) electrons. The molecule has 3 aliphatic rings. The van der Waals surface area contributed by atoms with Crippen LogP contribution >= 0.6 is 0 Å². The molecular formula is C15H19N3O6. The number of nitrogens with zero attached hydrogens (tertiary/aromatic N) is 3. The lowest BCUT2D eigenvalue weighted by atomic mass is 10.2. The molecule has 130 valence electrons. The molecule has 0 aromatic rings. The zero-order valence-electron chi connectivity index (χ0n) is 13.1. The van der Waals surface area contributed by atoms with Crippen molar-refractivity contribution in [2.75, 3.05) is 32.7 Å². The summed E-state index contributed by atoms with van der Waals surface area (Å²) in [5.74, 6) is -3.08. The quantitative estimate of drug-likeness (QED) is 0.626. The second-order valence-corrected chi connectivity index (χ2v) is 6.37. The Balaban J connectivity index is 1.47. The minimum atomic E-state index is -0.942. The fourth-order valence-corrected chi connectivity index (χ4v) is 3.19. The van der Waals surface area contributed by atoms with E-state index in [1.807, 2.05) is 0 Å². The first kappa shape index (κ1) is 16.4. The minimum Gasteiger partial charge on any atom is -0.481 e. The third kappa shape index (κ3) is 3.10. The van der Waals surface area contributed by atoms with Crippen molar-refractivity contribution in [1.82, 2.24) is 14.7 Å². The van der Waals surface area contributed by atoms with Gasteiger partial charge in [-0.3, -0.25) is 28.9 Å². The molecule has 0 spiro atoms. The number of amides is 4. The number of hydrogen-bond donors (Lipinski definition) is 1. The van der Waals surface area contributed by atoms with Gasteiger partial charge in [0.05, 0.1) is 11.8 Å². The molecular weight excluding hydrogens is 318 g/mol. The van der Waals surface area contributed by atoms with Crippen LogP contribution in [0.4, 0.5) is 0 Å². The average Bonchev–Trinajstić information content (AvgIpc) is 3.31. The first-order valence-corrected chi connectivity index (χ1v) is 8.01.